The van der Waals surface area contributed by atoms with Gasteiger partial charge in [0.1, 0.15) is 6.54 Å². The minimum Gasteiger partial charge on any atom is -0.465 e. The van der Waals surface area contributed by atoms with Crippen molar-refractivity contribution >= 4 is 51.2 Å². The molecule has 3 rings (SSSR count). The number of thioether (sulfide) groups is 1. The second-order valence-electron chi connectivity index (χ2n) is 6.66. The van der Waals surface area contributed by atoms with E-state index in [-0.39, 0.29) is 31.4 Å². The van der Waals surface area contributed by atoms with Crippen LogP contribution in [0.1, 0.15) is 29.8 Å². The summed E-state index contributed by atoms with van der Waals surface area (Å²) in [4.78, 5) is 41.4. The Labute approximate surface area is 194 Å². The molecule has 32 heavy (non-hydrogen) atoms. The Kier molecular flexibility index (Phi) is 8.64. The van der Waals surface area contributed by atoms with Crippen molar-refractivity contribution in [2.24, 2.45) is 4.99 Å². The van der Waals surface area contributed by atoms with Gasteiger partial charge in [-0.1, -0.05) is 41.7 Å². The van der Waals surface area contributed by atoms with Gasteiger partial charge in [-0.05, 0) is 37.6 Å². The summed E-state index contributed by atoms with van der Waals surface area (Å²) in [7, 11) is 0. The molecule has 0 radical (unpaired) electrons. The molecule has 0 atom stereocenters. The van der Waals surface area contributed by atoms with Crippen molar-refractivity contribution in [3.05, 3.63) is 64.5 Å². The van der Waals surface area contributed by atoms with Crippen molar-refractivity contribution in [3.63, 3.8) is 0 Å². The van der Waals surface area contributed by atoms with Crippen LogP contribution in [0.2, 0.25) is 0 Å². The summed E-state index contributed by atoms with van der Waals surface area (Å²) in [5.41, 5.74) is 2.23. The molecule has 2 aromatic carbocycles. The summed E-state index contributed by atoms with van der Waals surface area (Å²) >= 11 is 2.72. The fourth-order valence-corrected chi connectivity index (χ4v) is 4.81. The van der Waals surface area contributed by atoms with Gasteiger partial charge in [0.2, 0.25) is 0 Å². The molecule has 0 aliphatic heterocycles. The van der Waals surface area contributed by atoms with Crippen LogP contribution in [-0.4, -0.2) is 41.4 Å². The van der Waals surface area contributed by atoms with E-state index in [1.54, 1.807) is 36.6 Å². The van der Waals surface area contributed by atoms with Crippen molar-refractivity contribution in [1.82, 2.24) is 4.57 Å². The summed E-state index contributed by atoms with van der Waals surface area (Å²) in [5.74, 6) is -0.210. The first-order chi connectivity index (χ1) is 15.5. The van der Waals surface area contributed by atoms with Crippen molar-refractivity contribution in [3.8, 4) is 0 Å². The van der Waals surface area contributed by atoms with Crippen LogP contribution in [0.5, 0.6) is 0 Å². The molecule has 0 saturated carbocycles. The lowest BCUT2D eigenvalue weighted by Gasteiger charge is -2.06. The molecule has 1 amide bonds. The molecule has 0 spiro atoms. The summed E-state index contributed by atoms with van der Waals surface area (Å²) in [6.07, 6.45) is 0. The van der Waals surface area contributed by atoms with E-state index in [4.69, 9.17) is 9.47 Å². The third kappa shape index (κ3) is 6.30. The molecular weight excluding hydrogens is 448 g/mol. The Bertz CT molecular complexity index is 1170. The minimum absolute atomic E-state index is 0.0735. The van der Waals surface area contributed by atoms with Gasteiger partial charge in [0.15, 0.2) is 4.80 Å². The van der Waals surface area contributed by atoms with Gasteiger partial charge < -0.3 is 14.0 Å². The van der Waals surface area contributed by atoms with E-state index in [0.29, 0.717) is 21.6 Å². The molecule has 7 nitrogen and oxygen atoms in total. The largest absolute Gasteiger partial charge is 0.465 e. The van der Waals surface area contributed by atoms with Gasteiger partial charge in [-0.3, -0.25) is 9.59 Å². The van der Waals surface area contributed by atoms with Gasteiger partial charge in [-0.15, -0.1) is 11.8 Å². The molecule has 3 aromatic rings. The zero-order chi connectivity index (χ0) is 22.9. The second kappa shape index (κ2) is 11.6. The molecular formula is C23H24N2O5S2. The lowest BCUT2D eigenvalue weighted by molar-refractivity contribution is -0.143. The van der Waals surface area contributed by atoms with E-state index in [9.17, 15) is 14.4 Å². The van der Waals surface area contributed by atoms with Crippen LogP contribution in [0.15, 0.2) is 53.5 Å². The number of nitrogens with zero attached hydrogens (tertiary/aromatic N) is 2. The Morgan fingerprint density at radius 3 is 2.50 bits per heavy atom. The monoisotopic (exact) mass is 472 g/mol. The molecule has 0 aliphatic rings. The average Bonchev–Trinajstić information content (AvgIpc) is 3.10. The van der Waals surface area contributed by atoms with Crippen LogP contribution >= 0.6 is 23.1 Å². The summed E-state index contributed by atoms with van der Waals surface area (Å²) < 4.78 is 12.5. The minimum atomic E-state index is -0.424. The van der Waals surface area contributed by atoms with E-state index >= 15 is 0 Å². The van der Waals surface area contributed by atoms with E-state index in [1.165, 1.54) is 23.1 Å². The molecule has 1 heterocycles. The average molecular weight is 473 g/mol. The Balaban J connectivity index is 1.87. The molecule has 168 valence electrons. The number of hydrogen-bond acceptors (Lipinski definition) is 7. The maximum Gasteiger partial charge on any atom is 0.338 e. The first kappa shape index (κ1) is 23.7. The number of aromatic nitrogens is 1. The fraction of sp³-hybridized carbons (Fsp3) is 0.304. The number of hydrogen-bond donors (Lipinski definition) is 0. The Morgan fingerprint density at radius 1 is 1.03 bits per heavy atom. The molecule has 0 N–H and O–H groups in total. The van der Waals surface area contributed by atoms with Crippen LogP contribution in [-0.2, 0) is 31.4 Å². The number of amides is 1. The molecule has 0 aliphatic carbocycles. The van der Waals surface area contributed by atoms with Crippen molar-refractivity contribution in [2.45, 2.75) is 26.1 Å². The highest BCUT2D eigenvalue weighted by atomic mass is 32.2. The lowest BCUT2D eigenvalue weighted by Crippen LogP contribution is -2.23. The van der Waals surface area contributed by atoms with Crippen molar-refractivity contribution in [2.75, 3.05) is 19.0 Å². The van der Waals surface area contributed by atoms with Gasteiger partial charge in [-0.25, -0.2) is 4.79 Å². The van der Waals surface area contributed by atoms with E-state index in [0.717, 1.165) is 10.3 Å². The summed E-state index contributed by atoms with van der Waals surface area (Å²) in [6.45, 7) is 3.94. The van der Waals surface area contributed by atoms with Crippen LogP contribution in [0.3, 0.4) is 0 Å². The van der Waals surface area contributed by atoms with Gasteiger partial charge in [0.05, 0.1) is 34.7 Å². The first-order valence-corrected chi connectivity index (χ1v) is 12.1. The first-order valence-electron chi connectivity index (χ1n) is 10.2. The molecule has 0 fully saturated rings. The Hall–Kier alpha value is -2.91. The Morgan fingerprint density at radius 2 is 1.78 bits per heavy atom. The number of fused-ring (bicyclic) bond motifs is 1. The summed E-state index contributed by atoms with van der Waals surface area (Å²) in [6, 6.07) is 14.9. The molecule has 0 unspecified atom stereocenters. The van der Waals surface area contributed by atoms with E-state index < -0.39 is 11.9 Å². The normalized spacial score (nSPS) is 11.5. The third-order valence-corrected chi connectivity index (χ3v) is 6.37. The lowest BCUT2D eigenvalue weighted by atomic mass is 10.2. The number of carbonyl (C=O) groups excluding carboxylic acids is 3. The second-order valence-corrected chi connectivity index (χ2v) is 8.66. The van der Waals surface area contributed by atoms with Gasteiger partial charge in [0.25, 0.3) is 5.91 Å². The molecule has 9 heteroatoms. The highest BCUT2D eigenvalue weighted by Gasteiger charge is 2.15. The topological polar surface area (TPSA) is 87.0 Å². The highest BCUT2D eigenvalue weighted by molar-refractivity contribution is 7.99. The molecule has 1 aromatic heterocycles. The zero-order valence-corrected chi connectivity index (χ0v) is 19.5. The number of ether oxygens (including phenoxy) is 2. The van der Waals surface area contributed by atoms with Gasteiger partial charge in [-0.2, -0.15) is 4.99 Å². The SMILES string of the molecule is CCOC(=O)Cn1c(=NC(=O)CSCc2ccccc2)sc2cc(C(=O)OCC)ccc21. The number of thiazole rings is 1. The molecule has 0 saturated heterocycles. The van der Waals surface area contributed by atoms with Gasteiger partial charge in [0, 0.05) is 5.75 Å². The highest BCUT2D eigenvalue weighted by Crippen LogP contribution is 2.20. The van der Waals surface area contributed by atoms with E-state index in [1.807, 2.05) is 30.3 Å². The van der Waals surface area contributed by atoms with Crippen LogP contribution in [0, 0.1) is 0 Å². The fourth-order valence-electron chi connectivity index (χ4n) is 2.96. The van der Waals surface area contributed by atoms with Gasteiger partial charge >= 0.3 is 11.9 Å². The van der Waals surface area contributed by atoms with Crippen molar-refractivity contribution in [1.29, 1.82) is 0 Å². The summed E-state index contributed by atoms with van der Waals surface area (Å²) in [5, 5.41) is 0. The van der Waals surface area contributed by atoms with Crippen LogP contribution < -0.4 is 4.80 Å². The number of esters is 2. The molecule has 0 bridgehead atoms. The zero-order valence-electron chi connectivity index (χ0n) is 17.9. The number of rotatable bonds is 9. The standard InChI is InChI=1S/C23H24N2O5S2/c1-3-29-21(27)13-25-18-11-10-17(22(28)30-4-2)12-19(18)32-23(25)24-20(26)15-31-14-16-8-6-5-7-9-16/h5-12H,3-4,13-15H2,1-2H3. The predicted molar refractivity (Wildman–Crippen MR) is 126 cm³/mol. The van der Waals surface area contributed by atoms with Crippen LogP contribution in [0.25, 0.3) is 10.2 Å². The maximum atomic E-state index is 12.5. The number of benzene rings is 2. The smallest absolute Gasteiger partial charge is 0.338 e. The third-order valence-electron chi connectivity index (χ3n) is 4.34. The number of carbonyl (C=O) groups is 3. The van der Waals surface area contributed by atoms with Crippen molar-refractivity contribution < 1.29 is 23.9 Å². The van der Waals surface area contributed by atoms with Crippen LogP contribution in [0.4, 0.5) is 0 Å². The predicted octanol–water partition coefficient (Wildman–Crippen LogP) is 3.80. The maximum absolute atomic E-state index is 12.5. The van der Waals surface area contributed by atoms with E-state index in [2.05, 4.69) is 4.99 Å². The quantitative estimate of drug-likeness (QED) is 0.440.